The van der Waals surface area contributed by atoms with Crippen LogP contribution in [0.2, 0.25) is 0 Å². The number of nitrogens with one attached hydrogen (secondary N) is 1. The molecule has 0 aliphatic carbocycles. The summed E-state index contributed by atoms with van der Waals surface area (Å²) >= 11 is 0. The molecule has 4 nitrogen and oxygen atoms in total. The summed E-state index contributed by atoms with van der Waals surface area (Å²) in [5.74, 6) is 0.902. The van der Waals surface area contributed by atoms with E-state index in [9.17, 15) is 0 Å². The van der Waals surface area contributed by atoms with Crippen LogP contribution in [0.25, 0.3) is 0 Å². The zero-order valence-electron chi connectivity index (χ0n) is 10.6. The van der Waals surface area contributed by atoms with Gasteiger partial charge in [-0.1, -0.05) is 0 Å². The largest absolute Gasteiger partial charge is 0.447 e. The molecule has 0 unspecified atom stereocenters. The summed E-state index contributed by atoms with van der Waals surface area (Å²) in [6.07, 6.45) is 5.65. The van der Waals surface area contributed by atoms with E-state index in [0.717, 1.165) is 18.8 Å². The van der Waals surface area contributed by atoms with Crippen LogP contribution in [0.4, 0.5) is 0 Å². The lowest BCUT2D eigenvalue weighted by molar-refractivity contribution is 0.268. The smallest absolute Gasteiger partial charge is 0.180 e. The van der Waals surface area contributed by atoms with Crippen molar-refractivity contribution in [1.29, 1.82) is 0 Å². The maximum absolute atomic E-state index is 5.13. The molecule has 0 saturated heterocycles. The van der Waals surface area contributed by atoms with Gasteiger partial charge in [-0.3, -0.25) is 0 Å². The van der Waals surface area contributed by atoms with E-state index in [1.54, 1.807) is 6.20 Å². The minimum atomic E-state index is 0.641. The number of unbranched alkanes of at least 4 members (excludes halogenated alkanes) is 1. The molecule has 0 spiro atoms. The van der Waals surface area contributed by atoms with Crippen LogP contribution in [0.3, 0.4) is 0 Å². The lowest BCUT2D eigenvalue weighted by Gasteiger charge is -2.20. The van der Waals surface area contributed by atoms with E-state index in [-0.39, 0.29) is 0 Å². The molecule has 0 bridgehead atoms. The summed E-state index contributed by atoms with van der Waals surface area (Å²) in [6, 6.07) is 0.641. The van der Waals surface area contributed by atoms with Gasteiger partial charge < -0.3 is 14.6 Å². The molecule has 1 N–H and O–H groups in total. The van der Waals surface area contributed by atoms with Gasteiger partial charge in [-0.05, 0) is 46.8 Å². The van der Waals surface area contributed by atoms with Crippen molar-refractivity contribution < 1.29 is 4.42 Å². The van der Waals surface area contributed by atoms with Crippen LogP contribution in [0.1, 0.15) is 32.4 Å². The predicted octanol–water partition coefficient (Wildman–Crippen LogP) is 1.88. The molecule has 0 amide bonds. The van der Waals surface area contributed by atoms with Gasteiger partial charge in [0.1, 0.15) is 5.76 Å². The predicted molar refractivity (Wildman–Crippen MR) is 65.2 cm³/mol. The van der Waals surface area contributed by atoms with Crippen molar-refractivity contribution in [3.8, 4) is 0 Å². The van der Waals surface area contributed by atoms with Crippen LogP contribution in [-0.4, -0.2) is 36.1 Å². The Bertz CT molecular complexity index is 259. The first-order valence-corrected chi connectivity index (χ1v) is 5.98. The number of nitrogens with zero attached hydrogens (tertiary/aromatic N) is 2. The van der Waals surface area contributed by atoms with Gasteiger partial charge in [-0.15, -0.1) is 0 Å². The van der Waals surface area contributed by atoms with E-state index in [1.165, 1.54) is 25.8 Å². The molecule has 0 atom stereocenters. The van der Waals surface area contributed by atoms with Gasteiger partial charge in [0.05, 0.1) is 12.7 Å². The standard InChI is InChI=1S/C12H23N3O/c1-11(2)15(3)7-5-4-6-13-8-12-9-14-10-16-12/h9-11,13H,4-8H2,1-3H3. The van der Waals surface area contributed by atoms with E-state index >= 15 is 0 Å². The van der Waals surface area contributed by atoms with Crippen LogP contribution in [0.15, 0.2) is 17.0 Å². The molecule has 92 valence electrons. The van der Waals surface area contributed by atoms with Gasteiger partial charge in [0.15, 0.2) is 6.39 Å². The summed E-state index contributed by atoms with van der Waals surface area (Å²) in [6.45, 7) is 7.43. The molecule has 0 aliphatic heterocycles. The second-order valence-electron chi connectivity index (χ2n) is 4.43. The highest BCUT2D eigenvalue weighted by molar-refractivity contribution is 4.86. The Morgan fingerprint density at radius 3 is 2.88 bits per heavy atom. The molecule has 1 heterocycles. The Balaban J connectivity index is 1.92. The third-order valence-corrected chi connectivity index (χ3v) is 2.78. The monoisotopic (exact) mass is 225 g/mol. The maximum atomic E-state index is 5.13. The minimum Gasteiger partial charge on any atom is -0.447 e. The fraction of sp³-hybridized carbons (Fsp3) is 0.750. The van der Waals surface area contributed by atoms with E-state index in [1.807, 2.05) is 0 Å². The van der Waals surface area contributed by atoms with Crippen LogP contribution >= 0.6 is 0 Å². The van der Waals surface area contributed by atoms with Gasteiger partial charge in [0.25, 0.3) is 0 Å². The second kappa shape index (κ2) is 7.41. The summed E-state index contributed by atoms with van der Waals surface area (Å²) in [7, 11) is 2.17. The first-order chi connectivity index (χ1) is 7.70. The molecule has 1 aromatic rings. The summed E-state index contributed by atoms with van der Waals surface area (Å²) in [5.41, 5.74) is 0. The molecule has 0 fully saturated rings. The molecule has 0 saturated carbocycles. The molecule has 16 heavy (non-hydrogen) atoms. The van der Waals surface area contributed by atoms with E-state index < -0.39 is 0 Å². The fourth-order valence-electron chi connectivity index (χ4n) is 1.41. The highest BCUT2D eigenvalue weighted by Gasteiger charge is 2.01. The normalized spacial score (nSPS) is 11.6. The maximum Gasteiger partial charge on any atom is 0.180 e. The molecular weight excluding hydrogens is 202 g/mol. The molecular formula is C12H23N3O. The number of rotatable bonds is 8. The fourth-order valence-corrected chi connectivity index (χ4v) is 1.41. The average molecular weight is 225 g/mol. The van der Waals surface area contributed by atoms with E-state index in [0.29, 0.717) is 6.04 Å². The van der Waals surface area contributed by atoms with Crippen LogP contribution in [0.5, 0.6) is 0 Å². The Hall–Kier alpha value is -0.870. The molecule has 0 radical (unpaired) electrons. The van der Waals surface area contributed by atoms with Crippen LogP contribution in [-0.2, 0) is 6.54 Å². The zero-order valence-corrected chi connectivity index (χ0v) is 10.6. The Labute approximate surface area is 98.0 Å². The molecule has 1 aromatic heterocycles. The molecule has 4 heteroatoms. The van der Waals surface area contributed by atoms with Crippen molar-refractivity contribution in [1.82, 2.24) is 15.2 Å². The van der Waals surface area contributed by atoms with Crippen molar-refractivity contribution in [2.75, 3.05) is 20.1 Å². The first kappa shape index (κ1) is 13.2. The average Bonchev–Trinajstić information content (AvgIpc) is 2.75. The van der Waals surface area contributed by atoms with Crippen molar-refractivity contribution in [3.05, 3.63) is 18.4 Å². The third kappa shape index (κ3) is 5.28. The number of aromatic nitrogens is 1. The number of hydrogen-bond donors (Lipinski definition) is 1. The van der Waals surface area contributed by atoms with Gasteiger partial charge in [0, 0.05) is 6.04 Å². The molecule has 0 aliphatic rings. The highest BCUT2D eigenvalue weighted by atomic mass is 16.3. The first-order valence-electron chi connectivity index (χ1n) is 5.98. The summed E-state index contributed by atoms with van der Waals surface area (Å²) in [5, 5.41) is 3.34. The number of hydrogen-bond acceptors (Lipinski definition) is 4. The SMILES string of the molecule is CC(C)N(C)CCCCNCc1cnco1. The lowest BCUT2D eigenvalue weighted by Crippen LogP contribution is -2.27. The van der Waals surface area contributed by atoms with E-state index in [4.69, 9.17) is 4.42 Å². The number of oxazole rings is 1. The highest BCUT2D eigenvalue weighted by Crippen LogP contribution is 1.98. The van der Waals surface area contributed by atoms with Gasteiger partial charge in [-0.2, -0.15) is 0 Å². The van der Waals surface area contributed by atoms with Gasteiger partial charge in [0.2, 0.25) is 0 Å². The summed E-state index contributed by atoms with van der Waals surface area (Å²) in [4.78, 5) is 6.24. The van der Waals surface area contributed by atoms with Gasteiger partial charge >= 0.3 is 0 Å². The third-order valence-electron chi connectivity index (χ3n) is 2.78. The molecule has 0 aromatic carbocycles. The Kier molecular flexibility index (Phi) is 6.11. The Morgan fingerprint density at radius 2 is 2.25 bits per heavy atom. The molecule has 1 rings (SSSR count). The topological polar surface area (TPSA) is 41.3 Å². The van der Waals surface area contributed by atoms with E-state index in [2.05, 4.69) is 36.1 Å². The van der Waals surface area contributed by atoms with Crippen LogP contribution in [0, 0.1) is 0 Å². The summed E-state index contributed by atoms with van der Waals surface area (Å²) < 4.78 is 5.13. The van der Waals surface area contributed by atoms with Crippen LogP contribution < -0.4 is 5.32 Å². The zero-order chi connectivity index (χ0) is 11.8. The van der Waals surface area contributed by atoms with Gasteiger partial charge in [-0.25, -0.2) is 4.98 Å². The Morgan fingerprint density at radius 1 is 1.44 bits per heavy atom. The van der Waals surface area contributed by atoms with Crippen molar-refractivity contribution in [2.24, 2.45) is 0 Å². The van der Waals surface area contributed by atoms with Crippen molar-refractivity contribution >= 4 is 0 Å². The lowest BCUT2D eigenvalue weighted by atomic mass is 10.2. The second-order valence-corrected chi connectivity index (χ2v) is 4.43. The quantitative estimate of drug-likeness (QED) is 0.686. The minimum absolute atomic E-state index is 0.641. The van der Waals surface area contributed by atoms with Crippen molar-refractivity contribution in [2.45, 2.75) is 39.3 Å². The van der Waals surface area contributed by atoms with Crippen molar-refractivity contribution in [3.63, 3.8) is 0 Å².